The second kappa shape index (κ2) is 10.5. The smallest absolute Gasteiger partial charge is 0.223 e. The number of hydrogen-bond donors (Lipinski definition) is 1. The minimum absolute atomic E-state index is 0.0750. The summed E-state index contributed by atoms with van der Waals surface area (Å²) in [5.41, 5.74) is 0. The van der Waals surface area contributed by atoms with E-state index in [9.17, 15) is 14.4 Å². The summed E-state index contributed by atoms with van der Waals surface area (Å²) in [6, 6.07) is -0.393. The van der Waals surface area contributed by atoms with Gasteiger partial charge in [-0.25, -0.2) is 0 Å². The molecule has 1 atom stereocenters. The van der Waals surface area contributed by atoms with E-state index in [1.165, 1.54) is 0 Å². The van der Waals surface area contributed by atoms with Crippen LogP contribution in [0.5, 0.6) is 0 Å². The van der Waals surface area contributed by atoms with Crippen molar-refractivity contribution in [3.63, 3.8) is 0 Å². The summed E-state index contributed by atoms with van der Waals surface area (Å²) in [4.78, 5) is 35.6. The Morgan fingerprint density at radius 3 is 1.82 bits per heavy atom. The van der Waals surface area contributed by atoms with Crippen molar-refractivity contribution in [1.82, 2.24) is 5.32 Å². The number of carbonyl (C=O) groups excluding carboxylic acids is 3. The van der Waals surface area contributed by atoms with Crippen LogP contribution in [0.4, 0.5) is 0 Å². The second-order valence-corrected chi connectivity index (χ2v) is 6.99. The first-order chi connectivity index (χ1) is 10.2. The summed E-state index contributed by atoms with van der Waals surface area (Å²) in [6.07, 6.45) is 3.90. The van der Waals surface area contributed by atoms with Crippen molar-refractivity contribution in [3.8, 4) is 0 Å². The molecule has 1 amide bonds. The Balaban J connectivity index is 4.28. The Kier molecular flexibility index (Phi) is 9.95. The van der Waals surface area contributed by atoms with E-state index in [2.05, 4.69) is 5.32 Å². The van der Waals surface area contributed by atoms with Gasteiger partial charge in [0.05, 0.1) is 6.04 Å². The number of hydrogen-bond acceptors (Lipinski definition) is 3. The predicted octanol–water partition coefficient (Wildman–Crippen LogP) is 3.53. The Morgan fingerprint density at radius 2 is 1.36 bits per heavy atom. The molecule has 0 fully saturated rings. The number of unbranched alkanes of at least 4 members (excludes halogenated alkanes) is 2. The van der Waals surface area contributed by atoms with Crippen LogP contribution in [0.1, 0.15) is 73.6 Å². The van der Waals surface area contributed by atoms with Gasteiger partial charge in [0.2, 0.25) is 5.91 Å². The zero-order valence-corrected chi connectivity index (χ0v) is 15.1. The molecule has 1 unspecified atom stereocenters. The average molecular weight is 311 g/mol. The Hall–Kier alpha value is -1.19. The highest BCUT2D eigenvalue weighted by molar-refractivity contribution is 5.90. The maximum Gasteiger partial charge on any atom is 0.223 e. The summed E-state index contributed by atoms with van der Waals surface area (Å²) in [7, 11) is 0. The molecule has 0 saturated carbocycles. The quantitative estimate of drug-likeness (QED) is 0.594. The Labute approximate surface area is 135 Å². The second-order valence-electron chi connectivity index (χ2n) is 6.99. The van der Waals surface area contributed by atoms with E-state index in [0.29, 0.717) is 18.6 Å². The molecule has 0 aromatic heterocycles. The van der Waals surface area contributed by atoms with Gasteiger partial charge in [-0.3, -0.25) is 14.4 Å². The zero-order valence-electron chi connectivity index (χ0n) is 15.1. The summed E-state index contributed by atoms with van der Waals surface area (Å²) < 4.78 is 0. The van der Waals surface area contributed by atoms with Gasteiger partial charge >= 0.3 is 0 Å². The molecular formula is C18H33NO3. The van der Waals surface area contributed by atoms with Crippen LogP contribution in [-0.4, -0.2) is 23.5 Å². The molecule has 22 heavy (non-hydrogen) atoms. The molecule has 0 saturated heterocycles. The highest BCUT2D eigenvalue weighted by Gasteiger charge is 2.23. The van der Waals surface area contributed by atoms with Gasteiger partial charge < -0.3 is 5.32 Å². The molecule has 0 aromatic rings. The zero-order chi connectivity index (χ0) is 17.3. The van der Waals surface area contributed by atoms with Crippen molar-refractivity contribution >= 4 is 17.5 Å². The highest BCUT2D eigenvalue weighted by atomic mass is 16.2. The maximum atomic E-state index is 12.2. The molecule has 0 aliphatic heterocycles. The van der Waals surface area contributed by atoms with Crippen molar-refractivity contribution in [2.75, 3.05) is 0 Å². The van der Waals surface area contributed by atoms with Crippen LogP contribution in [0.2, 0.25) is 0 Å². The Bertz CT molecular complexity index is 373. The summed E-state index contributed by atoms with van der Waals surface area (Å²) in [5, 5.41) is 2.86. The monoisotopic (exact) mass is 311 g/mol. The van der Waals surface area contributed by atoms with Crippen molar-refractivity contribution in [2.45, 2.75) is 79.7 Å². The third kappa shape index (κ3) is 8.30. The lowest BCUT2D eigenvalue weighted by molar-refractivity contribution is -0.131. The lowest BCUT2D eigenvalue weighted by Gasteiger charge is -2.20. The molecule has 0 heterocycles. The minimum Gasteiger partial charge on any atom is -0.346 e. The van der Waals surface area contributed by atoms with Crippen molar-refractivity contribution in [3.05, 3.63) is 0 Å². The van der Waals surface area contributed by atoms with Crippen molar-refractivity contribution in [2.24, 2.45) is 17.8 Å². The third-order valence-corrected chi connectivity index (χ3v) is 3.81. The molecule has 0 aliphatic carbocycles. The minimum atomic E-state index is -0.393. The lowest BCUT2D eigenvalue weighted by atomic mass is 9.95. The van der Waals surface area contributed by atoms with Crippen molar-refractivity contribution in [1.29, 1.82) is 0 Å². The number of carbonyl (C=O) groups is 3. The van der Waals surface area contributed by atoms with E-state index in [1.807, 2.05) is 41.5 Å². The maximum absolute atomic E-state index is 12.2. The molecule has 0 radical (unpaired) electrons. The van der Waals surface area contributed by atoms with Gasteiger partial charge in [0.25, 0.3) is 0 Å². The van der Waals surface area contributed by atoms with Crippen LogP contribution in [0.15, 0.2) is 0 Å². The van der Waals surface area contributed by atoms with E-state index in [-0.39, 0.29) is 29.4 Å². The van der Waals surface area contributed by atoms with Crippen LogP contribution in [0, 0.1) is 17.8 Å². The SMILES string of the molecule is CC(C)C(=O)CCCCCC(NC(=O)C(C)C)C(=O)C(C)C. The molecular weight excluding hydrogens is 278 g/mol. The molecule has 4 heteroatoms. The van der Waals surface area contributed by atoms with E-state index in [4.69, 9.17) is 0 Å². The van der Waals surface area contributed by atoms with Crippen LogP contribution in [0.3, 0.4) is 0 Å². The fourth-order valence-electron chi connectivity index (χ4n) is 2.14. The van der Waals surface area contributed by atoms with Gasteiger partial charge in [-0.15, -0.1) is 0 Å². The van der Waals surface area contributed by atoms with E-state index in [1.54, 1.807) is 0 Å². The summed E-state index contributed by atoms with van der Waals surface area (Å²) in [5.74, 6) is 0.205. The molecule has 1 N–H and O–H groups in total. The summed E-state index contributed by atoms with van der Waals surface area (Å²) >= 11 is 0. The molecule has 0 aromatic carbocycles. The van der Waals surface area contributed by atoms with E-state index < -0.39 is 6.04 Å². The van der Waals surface area contributed by atoms with Crippen LogP contribution in [-0.2, 0) is 14.4 Å². The fourth-order valence-corrected chi connectivity index (χ4v) is 2.14. The van der Waals surface area contributed by atoms with Gasteiger partial charge in [-0.2, -0.15) is 0 Å². The molecule has 0 aliphatic rings. The van der Waals surface area contributed by atoms with E-state index in [0.717, 1.165) is 19.3 Å². The first-order valence-corrected chi connectivity index (χ1v) is 8.53. The Morgan fingerprint density at radius 1 is 0.773 bits per heavy atom. The normalized spacial score (nSPS) is 12.8. The number of nitrogens with one attached hydrogen (secondary N) is 1. The van der Waals surface area contributed by atoms with Gasteiger partial charge in [0, 0.05) is 24.2 Å². The molecule has 128 valence electrons. The van der Waals surface area contributed by atoms with E-state index >= 15 is 0 Å². The topological polar surface area (TPSA) is 63.2 Å². The average Bonchev–Trinajstić information content (AvgIpc) is 2.43. The third-order valence-electron chi connectivity index (χ3n) is 3.81. The van der Waals surface area contributed by atoms with Crippen molar-refractivity contribution < 1.29 is 14.4 Å². The lowest BCUT2D eigenvalue weighted by Crippen LogP contribution is -2.44. The standard InChI is InChI=1S/C18H33NO3/c1-12(2)16(20)11-9-7-8-10-15(17(21)13(3)4)19-18(22)14(5)6/h12-15H,7-11H2,1-6H3,(H,19,22). The number of rotatable bonds is 11. The largest absolute Gasteiger partial charge is 0.346 e. The van der Waals surface area contributed by atoms with Gasteiger partial charge in [0.1, 0.15) is 5.78 Å². The summed E-state index contributed by atoms with van der Waals surface area (Å²) in [6.45, 7) is 11.2. The predicted molar refractivity (Wildman–Crippen MR) is 89.5 cm³/mol. The van der Waals surface area contributed by atoms with Gasteiger partial charge in [0.15, 0.2) is 5.78 Å². The van der Waals surface area contributed by atoms with Crippen LogP contribution >= 0.6 is 0 Å². The molecule has 0 spiro atoms. The first-order valence-electron chi connectivity index (χ1n) is 8.53. The van der Waals surface area contributed by atoms with Crippen LogP contribution in [0.25, 0.3) is 0 Å². The number of Topliss-reactive ketones (excluding diaryl/α,β-unsaturated/α-hetero) is 2. The molecule has 4 nitrogen and oxygen atoms in total. The number of ketones is 2. The first kappa shape index (κ1) is 20.8. The highest BCUT2D eigenvalue weighted by Crippen LogP contribution is 2.12. The number of amides is 1. The molecule has 0 rings (SSSR count). The van der Waals surface area contributed by atoms with Crippen LogP contribution < -0.4 is 5.32 Å². The fraction of sp³-hybridized carbons (Fsp3) is 0.833. The van der Waals surface area contributed by atoms with Gasteiger partial charge in [-0.05, 0) is 12.8 Å². The molecule has 0 bridgehead atoms. The van der Waals surface area contributed by atoms with Gasteiger partial charge in [-0.1, -0.05) is 54.4 Å².